The molecular weight excluding hydrogens is 534 g/mol. The van der Waals surface area contributed by atoms with Gasteiger partial charge in [0.15, 0.2) is 0 Å². The number of fused-ring (bicyclic) bond motifs is 5. The number of hydrogen-bond donors (Lipinski definition) is 0. The molecule has 0 saturated heterocycles. The molecule has 0 fully saturated rings. The Labute approximate surface area is 247 Å². The lowest BCUT2D eigenvalue weighted by Crippen LogP contribution is -2.01. The highest BCUT2D eigenvalue weighted by molar-refractivity contribution is 6.11. The molecule has 0 atom stereocenters. The van der Waals surface area contributed by atoms with Crippen LogP contribution in [0.15, 0.2) is 116 Å². The van der Waals surface area contributed by atoms with Crippen molar-refractivity contribution in [2.75, 3.05) is 14.2 Å². The maximum Gasteiger partial charge on any atom is 0.119 e. The third-order valence-electron chi connectivity index (χ3n) is 8.16. The van der Waals surface area contributed by atoms with Gasteiger partial charge >= 0.3 is 0 Å². The molecule has 8 aromatic rings. The molecule has 0 saturated carbocycles. The molecule has 3 heterocycles. The van der Waals surface area contributed by atoms with Crippen LogP contribution in [0.2, 0.25) is 0 Å². The predicted octanol–water partition coefficient (Wildman–Crippen LogP) is 8.02. The molecule has 5 aromatic carbocycles. The van der Waals surface area contributed by atoms with Crippen molar-refractivity contribution in [3.8, 4) is 39.4 Å². The van der Waals surface area contributed by atoms with Gasteiger partial charge in [-0.2, -0.15) is 20.4 Å². The molecule has 8 rings (SSSR count). The van der Waals surface area contributed by atoms with Crippen LogP contribution >= 0.6 is 0 Å². The summed E-state index contributed by atoms with van der Waals surface area (Å²) < 4.78 is 13.7. The van der Waals surface area contributed by atoms with E-state index in [9.17, 15) is 0 Å². The van der Waals surface area contributed by atoms with Gasteiger partial charge in [-0.3, -0.25) is 0 Å². The molecule has 3 aromatic heterocycles. The number of nitrogens with zero attached hydrogens (tertiary/aromatic N) is 5. The zero-order chi connectivity index (χ0) is 28.9. The van der Waals surface area contributed by atoms with Crippen LogP contribution < -0.4 is 9.47 Å². The van der Waals surface area contributed by atoms with Crippen molar-refractivity contribution in [1.82, 2.24) is 25.0 Å². The minimum Gasteiger partial charge on any atom is -0.497 e. The van der Waals surface area contributed by atoms with Crippen molar-refractivity contribution < 1.29 is 9.47 Å². The number of rotatable bonds is 5. The number of aromatic nitrogens is 5. The van der Waals surface area contributed by atoms with Gasteiger partial charge in [-0.15, -0.1) is 0 Å². The Hall–Kier alpha value is -5.82. The summed E-state index contributed by atoms with van der Waals surface area (Å²) in [5, 5.41) is 22.7. The fraction of sp³-hybridized carbons (Fsp3) is 0.0556. The quantitative estimate of drug-likeness (QED) is 0.213. The van der Waals surface area contributed by atoms with Gasteiger partial charge in [0.05, 0.1) is 55.7 Å². The minimum atomic E-state index is 0.800. The number of benzene rings is 5. The van der Waals surface area contributed by atoms with E-state index in [1.54, 1.807) is 26.6 Å². The second-order valence-electron chi connectivity index (χ2n) is 10.5. The molecule has 0 unspecified atom stereocenters. The van der Waals surface area contributed by atoms with Gasteiger partial charge < -0.3 is 14.0 Å². The summed E-state index contributed by atoms with van der Waals surface area (Å²) in [7, 11) is 3.39. The molecule has 0 radical (unpaired) electrons. The highest BCUT2D eigenvalue weighted by Gasteiger charge is 2.21. The molecule has 206 valence electrons. The molecule has 0 aliphatic rings. The minimum absolute atomic E-state index is 0.800. The summed E-state index contributed by atoms with van der Waals surface area (Å²) >= 11 is 0. The summed E-state index contributed by atoms with van der Waals surface area (Å²) in [5.41, 5.74) is 7.55. The van der Waals surface area contributed by atoms with E-state index in [1.807, 2.05) is 24.5 Å². The topological polar surface area (TPSA) is 75.0 Å². The van der Waals surface area contributed by atoms with Crippen LogP contribution in [0.4, 0.5) is 0 Å². The zero-order valence-corrected chi connectivity index (χ0v) is 23.5. The lowest BCUT2D eigenvalue weighted by atomic mass is 9.94. The molecule has 7 heteroatoms. The van der Waals surface area contributed by atoms with E-state index in [-0.39, 0.29) is 0 Å². The SMILES string of the molecule is COc1ccc2c(c1)c1cc(OC)ccc1n2-c1c(-c2ccc3cnncc3c2)cccc1-c1ccc2cnncc2c1. The van der Waals surface area contributed by atoms with Crippen LogP contribution in [0.25, 0.3) is 71.3 Å². The molecular formula is C36H25N5O2. The van der Waals surface area contributed by atoms with E-state index in [0.717, 1.165) is 82.8 Å². The fourth-order valence-corrected chi connectivity index (χ4v) is 6.05. The summed E-state index contributed by atoms with van der Waals surface area (Å²) in [6.45, 7) is 0. The van der Waals surface area contributed by atoms with E-state index in [4.69, 9.17) is 9.47 Å². The van der Waals surface area contributed by atoms with Crippen LogP contribution in [0.3, 0.4) is 0 Å². The standard InChI is InChI=1S/C36H25N5O2/c1-42-28-10-12-34-32(16-28)33-17-29(43-2)11-13-35(33)41(34)36-30(22-6-8-24-18-37-39-20-26(24)14-22)4-3-5-31(36)23-7-9-25-19-38-40-21-27(25)15-23/h3-21H,1-2H3. The average Bonchev–Trinajstić information content (AvgIpc) is 3.39. The van der Waals surface area contributed by atoms with E-state index in [0.29, 0.717) is 0 Å². The monoisotopic (exact) mass is 559 g/mol. The summed E-state index contributed by atoms with van der Waals surface area (Å²) in [6.07, 6.45) is 7.21. The molecule has 0 amide bonds. The van der Waals surface area contributed by atoms with E-state index < -0.39 is 0 Å². The van der Waals surface area contributed by atoms with Crippen molar-refractivity contribution in [2.45, 2.75) is 0 Å². The van der Waals surface area contributed by atoms with Crippen molar-refractivity contribution >= 4 is 43.4 Å². The Balaban J connectivity index is 1.51. The molecule has 43 heavy (non-hydrogen) atoms. The second-order valence-corrected chi connectivity index (χ2v) is 10.5. The molecule has 0 aliphatic heterocycles. The summed E-state index contributed by atoms with van der Waals surface area (Å²) in [6, 6.07) is 31.9. The average molecular weight is 560 g/mol. The van der Waals surface area contributed by atoms with Gasteiger partial charge in [0.2, 0.25) is 0 Å². The molecule has 7 nitrogen and oxygen atoms in total. The molecule has 0 spiro atoms. The first-order valence-electron chi connectivity index (χ1n) is 13.9. The number of para-hydroxylation sites is 1. The lowest BCUT2D eigenvalue weighted by molar-refractivity contribution is 0.415. The van der Waals surface area contributed by atoms with Crippen LogP contribution in [0.5, 0.6) is 11.5 Å². The first kappa shape index (κ1) is 24.9. The van der Waals surface area contributed by atoms with Gasteiger partial charge in [0.1, 0.15) is 11.5 Å². The normalized spacial score (nSPS) is 11.5. The first-order chi connectivity index (χ1) is 21.2. The van der Waals surface area contributed by atoms with Crippen molar-refractivity contribution in [1.29, 1.82) is 0 Å². The highest BCUT2D eigenvalue weighted by Crippen LogP contribution is 2.43. The van der Waals surface area contributed by atoms with Gasteiger partial charge in [-0.1, -0.05) is 42.5 Å². The van der Waals surface area contributed by atoms with Crippen LogP contribution in [0, 0.1) is 0 Å². The zero-order valence-electron chi connectivity index (χ0n) is 23.5. The van der Waals surface area contributed by atoms with E-state index in [2.05, 4.69) is 104 Å². The maximum absolute atomic E-state index is 5.65. The Morgan fingerprint density at radius 1 is 0.488 bits per heavy atom. The first-order valence-corrected chi connectivity index (χ1v) is 13.9. The number of hydrogen-bond acceptors (Lipinski definition) is 6. The van der Waals surface area contributed by atoms with Gasteiger partial charge in [0, 0.05) is 43.4 Å². The van der Waals surface area contributed by atoms with Crippen molar-refractivity contribution in [3.05, 3.63) is 116 Å². The Morgan fingerprint density at radius 2 is 0.953 bits per heavy atom. The Bertz CT molecular complexity index is 2190. The van der Waals surface area contributed by atoms with Gasteiger partial charge in [0.25, 0.3) is 0 Å². The van der Waals surface area contributed by atoms with Gasteiger partial charge in [-0.05, 0) is 59.7 Å². The van der Waals surface area contributed by atoms with E-state index >= 15 is 0 Å². The van der Waals surface area contributed by atoms with Crippen molar-refractivity contribution in [3.63, 3.8) is 0 Å². The summed E-state index contributed by atoms with van der Waals surface area (Å²) in [5.74, 6) is 1.60. The van der Waals surface area contributed by atoms with E-state index in [1.165, 1.54) is 0 Å². The maximum atomic E-state index is 5.65. The fourth-order valence-electron chi connectivity index (χ4n) is 6.05. The largest absolute Gasteiger partial charge is 0.497 e. The second kappa shape index (κ2) is 9.92. The van der Waals surface area contributed by atoms with Crippen LogP contribution in [-0.2, 0) is 0 Å². The van der Waals surface area contributed by atoms with Crippen LogP contribution in [-0.4, -0.2) is 39.2 Å². The molecule has 0 bridgehead atoms. The molecule has 0 N–H and O–H groups in total. The van der Waals surface area contributed by atoms with Crippen molar-refractivity contribution in [2.24, 2.45) is 0 Å². The molecule has 0 aliphatic carbocycles. The van der Waals surface area contributed by atoms with Crippen LogP contribution in [0.1, 0.15) is 0 Å². The number of methoxy groups -OCH3 is 2. The Kier molecular flexibility index (Phi) is 5.75. The third kappa shape index (κ3) is 4.05. The third-order valence-corrected chi connectivity index (χ3v) is 8.16. The predicted molar refractivity (Wildman–Crippen MR) is 171 cm³/mol. The highest BCUT2D eigenvalue weighted by atomic mass is 16.5. The summed E-state index contributed by atoms with van der Waals surface area (Å²) in [4.78, 5) is 0. The Morgan fingerprint density at radius 3 is 1.42 bits per heavy atom. The van der Waals surface area contributed by atoms with Gasteiger partial charge in [-0.25, -0.2) is 0 Å². The number of ether oxygens (including phenoxy) is 2. The smallest absolute Gasteiger partial charge is 0.119 e. The lowest BCUT2D eigenvalue weighted by Gasteiger charge is -2.19.